The number of anilines is 1. The van der Waals surface area contributed by atoms with Gasteiger partial charge in [0.1, 0.15) is 11.6 Å². The molecule has 0 spiro atoms. The normalized spacial score (nSPS) is 20.1. The van der Waals surface area contributed by atoms with Crippen LogP contribution in [-0.2, 0) is 19.1 Å². The Balaban J connectivity index is 1.94. The average molecular weight is 339 g/mol. The molecule has 1 saturated carbocycles. The molecular weight excluding hydrogens is 321 g/mol. The highest BCUT2D eigenvalue weighted by molar-refractivity contribution is 6.37. The average Bonchev–Trinajstić information content (AvgIpc) is 2.57. The number of methoxy groups -OCH3 is 1. The molecule has 130 valence electrons. The number of carbonyl (C=O) groups excluding carboxylic acids is 2. The van der Waals surface area contributed by atoms with Crippen molar-refractivity contribution < 1.29 is 33.4 Å². The van der Waals surface area contributed by atoms with Crippen LogP contribution >= 0.6 is 0 Å². The van der Waals surface area contributed by atoms with Crippen LogP contribution in [0.5, 0.6) is 5.75 Å². The number of amides is 1. The highest BCUT2D eigenvalue weighted by Gasteiger charge is 2.27. The number of carboxylic acid groups (broad SMARTS) is 1. The second-order valence-corrected chi connectivity index (χ2v) is 5.52. The molecule has 2 N–H and O–H groups in total. The maximum absolute atomic E-state index is 14.0. The van der Waals surface area contributed by atoms with Crippen molar-refractivity contribution in [2.75, 3.05) is 12.4 Å². The SMILES string of the molecule is COC(=O)C(=O)Nc1ccc(OC2CCC(C(=O)O)CC2)cc1F. The number of hydrogen-bond acceptors (Lipinski definition) is 5. The van der Waals surface area contributed by atoms with E-state index >= 15 is 0 Å². The maximum Gasteiger partial charge on any atom is 0.396 e. The zero-order valence-electron chi connectivity index (χ0n) is 13.1. The van der Waals surface area contributed by atoms with E-state index in [9.17, 15) is 18.8 Å². The van der Waals surface area contributed by atoms with Gasteiger partial charge in [0, 0.05) is 6.07 Å². The van der Waals surface area contributed by atoms with Crippen LogP contribution in [0.25, 0.3) is 0 Å². The Morgan fingerprint density at radius 1 is 1.21 bits per heavy atom. The number of esters is 1. The van der Waals surface area contributed by atoms with Crippen LogP contribution in [0.4, 0.5) is 10.1 Å². The quantitative estimate of drug-likeness (QED) is 0.642. The fourth-order valence-corrected chi connectivity index (χ4v) is 2.56. The third kappa shape index (κ3) is 4.43. The van der Waals surface area contributed by atoms with Crippen LogP contribution in [0.2, 0.25) is 0 Å². The summed E-state index contributed by atoms with van der Waals surface area (Å²) in [7, 11) is 1.05. The summed E-state index contributed by atoms with van der Waals surface area (Å²) < 4.78 is 23.9. The third-order valence-corrected chi connectivity index (χ3v) is 3.89. The Kier molecular flexibility index (Phi) is 5.73. The van der Waals surface area contributed by atoms with E-state index in [1.807, 2.05) is 0 Å². The van der Waals surface area contributed by atoms with Crippen LogP contribution in [0.3, 0.4) is 0 Å². The van der Waals surface area contributed by atoms with E-state index in [4.69, 9.17) is 9.84 Å². The van der Waals surface area contributed by atoms with Crippen molar-refractivity contribution in [1.29, 1.82) is 0 Å². The summed E-state index contributed by atoms with van der Waals surface area (Å²) >= 11 is 0. The molecule has 0 aromatic heterocycles. The lowest BCUT2D eigenvalue weighted by molar-refractivity contribution is -0.150. The molecule has 2 rings (SSSR count). The zero-order chi connectivity index (χ0) is 17.7. The van der Waals surface area contributed by atoms with Crippen molar-refractivity contribution >= 4 is 23.5 Å². The number of halogens is 1. The number of hydrogen-bond donors (Lipinski definition) is 2. The Labute approximate surface area is 137 Å². The van der Waals surface area contributed by atoms with Crippen LogP contribution in [0, 0.1) is 11.7 Å². The Bertz CT molecular complexity index is 639. The molecule has 7 nitrogen and oxygen atoms in total. The second-order valence-electron chi connectivity index (χ2n) is 5.52. The predicted molar refractivity (Wildman–Crippen MR) is 81.1 cm³/mol. The molecule has 0 heterocycles. The molecule has 0 aliphatic heterocycles. The van der Waals surface area contributed by atoms with Gasteiger partial charge >= 0.3 is 17.8 Å². The van der Waals surface area contributed by atoms with Crippen molar-refractivity contribution in [1.82, 2.24) is 0 Å². The van der Waals surface area contributed by atoms with Gasteiger partial charge in [-0.05, 0) is 37.8 Å². The minimum absolute atomic E-state index is 0.160. The fourth-order valence-electron chi connectivity index (χ4n) is 2.56. The smallest absolute Gasteiger partial charge is 0.396 e. The first-order chi connectivity index (χ1) is 11.4. The van der Waals surface area contributed by atoms with Gasteiger partial charge in [0.2, 0.25) is 0 Å². The van der Waals surface area contributed by atoms with E-state index in [0.29, 0.717) is 25.7 Å². The molecule has 0 radical (unpaired) electrons. The van der Waals surface area contributed by atoms with Gasteiger partial charge in [-0.1, -0.05) is 0 Å². The van der Waals surface area contributed by atoms with Crippen LogP contribution in [-0.4, -0.2) is 36.2 Å². The van der Waals surface area contributed by atoms with Gasteiger partial charge in [0.25, 0.3) is 0 Å². The molecular formula is C16H18FNO6. The summed E-state index contributed by atoms with van der Waals surface area (Å²) in [5, 5.41) is 11.1. The summed E-state index contributed by atoms with van der Waals surface area (Å²) in [6, 6.07) is 3.86. The lowest BCUT2D eigenvalue weighted by Crippen LogP contribution is -2.28. The van der Waals surface area contributed by atoms with Gasteiger partial charge in [-0.2, -0.15) is 0 Å². The van der Waals surface area contributed by atoms with Gasteiger partial charge in [-0.15, -0.1) is 0 Å². The summed E-state index contributed by atoms with van der Waals surface area (Å²) in [4.78, 5) is 33.3. The largest absolute Gasteiger partial charge is 0.490 e. The molecule has 1 aromatic rings. The number of carbonyl (C=O) groups is 3. The highest BCUT2D eigenvalue weighted by Crippen LogP contribution is 2.29. The molecule has 1 fully saturated rings. The lowest BCUT2D eigenvalue weighted by atomic mass is 9.87. The minimum atomic E-state index is -1.12. The molecule has 0 unspecified atom stereocenters. The number of aliphatic carboxylic acids is 1. The highest BCUT2D eigenvalue weighted by atomic mass is 19.1. The summed E-state index contributed by atoms with van der Waals surface area (Å²) in [6.07, 6.45) is 2.04. The first-order valence-electron chi connectivity index (χ1n) is 7.49. The lowest BCUT2D eigenvalue weighted by Gasteiger charge is -2.26. The van der Waals surface area contributed by atoms with Gasteiger partial charge in [-0.3, -0.25) is 9.59 Å². The van der Waals surface area contributed by atoms with E-state index in [1.54, 1.807) is 0 Å². The van der Waals surface area contributed by atoms with Crippen molar-refractivity contribution in [2.24, 2.45) is 5.92 Å². The Morgan fingerprint density at radius 3 is 2.42 bits per heavy atom. The van der Waals surface area contributed by atoms with E-state index in [0.717, 1.165) is 13.2 Å². The first kappa shape index (κ1) is 17.7. The molecule has 1 amide bonds. The van der Waals surface area contributed by atoms with E-state index in [-0.39, 0.29) is 23.5 Å². The van der Waals surface area contributed by atoms with E-state index < -0.39 is 23.7 Å². The van der Waals surface area contributed by atoms with Gasteiger partial charge in [0.05, 0.1) is 24.8 Å². The van der Waals surface area contributed by atoms with E-state index in [1.165, 1.54) is 12.1 Å². The molecule has 1 aliphatic carbocycles. The van der Waals surface area contributed by atoms with Crippen molar-refractivity contribution in [3.05, 3.63) is 24.0 Å². The molecule has 8 heteroatoms. The molecule has 24 heavy (non-hydrogen) atoms. The number of nitrogens with one attached hydrogen (secondary N) is 1. The van der Waals surface area contributed by atoms with Crippen molar-refractivity contribution in [3.63, 3.8) is 0 Å². The second kappa shape index (κ2) is 7.76. The summed E-state index contributed by atoms with van der Waals surface area (Å²) in [6.45, 7) is 0. The summed E-state index contributed by atoms with van der Waals surface area (Å²) in [5.74, 6) is -3.81. The van der Waals surface area contributed by atoms with Gasteiger partial charge in [-0.25, -0.2) is 9.18 Å². The van der Waals surface area contributed by atoms with Gasteiger partial charge < -0.3 is 19.9 Å². The van der Waals surface area contributed by atoms with E-state index in [2.05, 4.69) is 10.1 Å². The number of ether oxygens (including phenoxy) is 2. The topological polar surface area (TPSA) is 102 Å². The minimum Gasteiger partial charge on any atom is -0.490 e. The molecule has 0 bridgehead atoms. The monoisotopic (exact) mass is 339 g/mol. The predicted octanol–water partition coefficient (Wildman–Crippen LogP) is 1.96. The fraction of sp³-hybridized carbons (Fsp3) is 0.438. The number of benzene rings is 1. The Morgan fingerprint density at radius 2 is 1.88 bits per heavy atom. The molecule has 1 aromatic carbocycles. The third-order valence-electron chi connectivity index (χ3n) is 3.89. The van der Waals surface area contributed by atoms with Gasteiger partial charge in [0.15, 0.2) is 0 Å². The van der Waals surface area contributed by atoms with Crippen LogP contribution < -0.4 is 10.1 Å². The summed E-state index contributed by atoms with van der Waals surface area (Å²) in [5.41, 5.74) is -0.160. The molecule has 0 saturated heterocycles. The Hall–Kier alpha value is -2.64. The van der Waals surface area contributed by atoms with Crippen molar-refractivity contribution in [3.8, 4) is 5.75 Å². The van der Waals surface area contributed by atoms with Crippen LogP contribution in [0.1, 0.15) is 25.7 Å². The number of rotatable bonds is 4. The maximum atomic E-state index is 14.0. The van der Waals surface area contributed by atoms with Crippen molar-refractivity contribution in [2.45, 2.75) is 31.8 Å². The first-order valence-corrected chi connectivity index (χ1v) is 7.49. The molecule has 1 aliphatic rings. The van der Waals surface area contributed by atoms with Crippen LogP contribution in [0.15, 0.2) is 18.2 Å². The zero-order valence-corrected chi connectivity index (χ0v) is 13.1. The molecule has 0 atom stereocenters. The standard InChI is InChI=1S/C16H18FNO6/c1-23-16(22)14(19)18-13-7-6-11(8-12(13)17)24-10-4-2-9(3-5-10)15(20)21/h6-10H,2-5H2,1H3,(H,18,19)(H,20,21). The number of carboxylic acids is 1.